The molecule has 1 aromatic carbocycles. The van der Waals surface area contributed by atoms with Gasteiger partial charge in [-0.2, -0.15) is 0 Å². The lowest BCUT2D eigenvalue weighted by Gasteiger charge is -2.16. The Morgan fingerprint density at radius 3 is 2.50 bits per heavy atom. The van der Waals surface area contributed by atoms with Gasteiger partial charge in [0, 0.05) is 0 Å². The number of hydrogen-bond acceptors (Lipinski definition) is 2. The van der Waals surface area contributed by atoms with Crippen LogP contribution >= 0.6 is 0 Å². The molecular weight excluding hydrogens is 229 g/mol. The van der Waals surface area contributed by atoms with Crippen LogP contribution in [0.15, 0.2) is 18.2 Å². The number of halogens is 4. The summed E-state index contributed by atoms with van der Waals surface area (Å²) in [6.45, 7) is -6.72. The predicted octanol–water partition coefficient (Wildman–Crippen LogP) is 1.69. The summed E-state index contributed by atoms with van der Waals surface area (Å²) in [4.78, 5) is 10.8. The van der Waals surface area contributed by atoms with Gasteiger partial charge >= 0.3 is 6.98 Å². The molecule has 0 atom stereocenters. The first-order valence-electron chi connectivity index (χ1n) is 4.23. The molecule has 16 heavy (non-hydrogen) atoms. The molecule has 0 saturated carbocycles. The van der Waals surface area contributed by atoms with Crippen LogP contribution in [0, 0.1) is 5.82 Å². The van der Waals surface area contributed by atoms with E-state index in [1.54, 1.807) is 0 Å². The lowest BCUT2D eigenvalue weighted by atomic mass is 9.95. The van der Waals surface area contributed by atoms with Crippen LogP contribution in [0.5, 0.6) is 5.75 Å². The molecule has 0 aliphatic carbocycles. The quantitative estimate of drug-likeness (QED) is 0.638. The fourth-order valence-electron chi connectivity index (χ4n) is 1.05. The van der Waals surface area contributed by atoms with E-state index in [2.05, 4.69) is 4.74 Å². The summed E-state index contributed by atoms with van der Waals surface area (Å²) in [5.41, 5.74) is 4.14. The molecule has 0 spiro atoms. The third kappa shape index (κ3) is 3.14. The Kier molecular flexibility index (Phi) is 3.41. The summed E-state index contributed by atoms with van der Waals surface area (Å²) in [6, 6.07) is 3.08. The zero-order valence-electron chi connectivity index (χ0n) is 7.92. The van der Waals surface area contributed by atoms with Crippen LogP contribution in [0.25, 0.3) is 0 Å². The first-order chi connectivity index (χ1) is 7.31. The topological polar surface area (TPSA) is 52.3 Å². The first-order valence-corrected chi connectivity index (χ1v) is 4.23. The Balaban J connectivity index is 2.96. The maximum absolute atomic E-state index is 13.1. The molecule has 1 rings (SSSR count). The lowest BCUT2D eigenvalue weighted by molar-refractivity contribution is 0.0992. The molecule has 0 aliphatic heterocycles. The molecule has 0 aromatic heterocycles. The third-order valence-electron chi connectivity index (χ3n) is 1.65. The van der Waals surface area contributed by atoms with E-state index in [0.29, 0.717) is 0 Å². The van der Waals surface area contributed by atoms with Gasteiger partial charge in [-0.25, -0.2) is 4.39 Å². The van der Waals surface area contributed by atoms with Gasteiger partial charge in [0.15, 0.2) is 0 Å². The van der Waals surface area contributed by atoms with Crippen LogP contribution in [0.3, 0.4) is 0 Å². The van der Waals surface area contributed by atoms with E-state index in [4.69, 9.17) is 5.73 Å². The number of rotatable bonds is 4. The Morgan fingerprint density at radius 2 is 2.00 bits per heavy atom. The molecule has 1 amide bonds. The standard InChI is InChI=1S/C8H7BF4NO2/c10-5-2-1-3-6(7(5)8(14)15)16-4-9(11,12)13/h1-3H,4H2,(H2,14,15)/q-1. The van der Waals surface area contributed by atoms with Crippen LogP contribution in [-0.2, 0) is 0 Å². The van der Waals surface area contributed by atoms with Gasteiger partial charge in [-0.3, -0.25) is 4.79 Å². The highest BCUT2D eigenvalue weighted by molar-refractivity contribution is 6.58. The van der Waals surface area contributed by atoms with Crippen LogP contribution in [0.4, 0.5) is 17.3 Å². The lowest BCUT2D eigenvalue weighted by Crippen LogP contribution is -2.27. The molecule has 0 radical (unpaired) electrons. The van der Waals surface area contributed by atoms with Gasteiger partial charge < -0.3 is 23.4 Å². The zero-order valence-corrected chi connectivity index (χ0v) is 7.92. The van der Waals surface area contributed by atoms with Crippen molar-refractivity contribution in [3.8, 4) is 5.75 Å². The van der Waals surface area contributed by atoms with Crippen LogP contribution in [0.2, 0.25) is 0 Å². The highest BCUT2D eigenvalue weighted by atomic mass is 19.4. The van der Waals surface area contributed by atoms with Crippen molar-refractivity contribution in [1.29, 1.82) is 0 Å². The van der Waals surface area contributed by atoms with Crippen molar-refractivity contribution in [1.82, 2.24) is 0 Å². The normalized spacial score (nSPS) is 11.2. The molecule has 3 nitrogen and oxygen atoms in total. The minimum absolute atomic E-state index is 0.508. The highest BCUT2D eigenvalue weighted by Gasteiger charge is 2.25. The van der Waals surface area contributed by atoms with Crippen molar-refractivity contribution in [2.75, 3.05) is 6.51 Å². The van der Waals surface area contributed by atoms with Crippen LogP contribution < -0.4 is 10.5 Å². The number of nitrogens with two attached hydrogens (primary N) is 1. The molecule has 0 fully saturated rings. The highest BCUT2D eigenvalue weighted by Crippen LogP contribution is 2.22. The monoisotopic (exact) mass is 236 g/mol. The average Bonchev–Trinajstić information content (AvgIpc) is 2.12. The number of carbonyl (C=O) groups excluding carboxylic acids is 1. The number of ether oxygens (including phenoxy) is 1. The Bertz CT molecular complexity index is 408. The summed E-state index contributed by atoms with van der Waals surface area (Å²) < 4.78 is 53.1. The van der Waals surface area contributed by atoms with Crippen molar-refractivity contribution < 1.29 is 26.9 Å². The molecule has 1 aromatic rings. The predicted molar refractivity (Wildman–Crippen MR) is 49.5 cm³/mol. The molecule has 88 valence electrons. The maximum Gasteiger partial charge on any atom is 0.515 e. The Morgan fingerprint density at radius 1 is 1.38 bits per heavy atom. The largest absolute Gasteiger partial charge is 0.521 e. The van der Waals surface area contributed by atoms with Crippen molar-refractivity contribution in [3.63, 3.8) is 0 Å². The van der Waals surface area contributed by atoms with Gasteiger partial charge in [-0.1, -0.05) is 6.07 Å². The smallest absolute Gasteiger partial charge is 0.515 e. The van der Waals surface area contributed by atoms with Crippen molar-refractivity contribution in [2.24, 2.45) is 5.73 Å². The van der Waals surface area contributed by atoms with Crippen molar-refractivity contribution in [2.45, 2.75) is 0 Å². The minimum Gasteiger partial charge on any atom is -0.521 e. The number of carbonyl (C=O) groups is 1. The van der Waals surface area contributed by atoms with E-state index >= 15 is 0 Å². The Labute approximate surface area is 88.2 Å². The SMILES string of the molecule is NC(=O)c1c(F)cccc1OC[B-](F)(F)F. The molecule has 2 N–H and O–H groups in total. The van der Waals surface area contributed by atoms with Crippen LogP contribution in [-0.4, -0.2) is 19.4 Å². The first kappa shape index (κ1) is 12.3. The van der Waals surface area contributed by atoms with Gasteiger partial charge in [0.05, 0.1) is 6.51 Å². The fourth-order valence-corrected chi connectivity index (χ4v) is 1.05. The molecule has 0 heterocycles. The Hall–Kier alpha value is -1.73. The van der Waals surface area contributed by atoms with Crippen molar-refractivity contribution >= 4 is 12.9 Å². The van der Waals surface area contributed by atoms with Gasteiger partial charge in [0.25, 0.3) is 5.91 Å². The number of hydrogen-bond donors (Lipinski definition) is 1. The number of benzene rings is 1. The molecule has 0 aliphatic rings. The van der Waals surface area contributed by atoms with E-state index in [9.17, 15) is 22.1 Å². The van der Waals surface area contributed by atoms with Gasteiger partial charge in [-0.15, -0.1) is 0 Å². The summed E-state index contributed by atoms with van der Waals surface area (Å²) in [5.74, 6) is -2.70. The second kappa shape index (κ2) is 4.42. The minimum atomic E-state index is -5.17. The fraction of sp³-hybridized carbons (Fsp3) is 0.125. The van der Waals surface area contributed by atoms with Gasteiger partial charge in [0.2, 0.25) is 0 Å². The van der Waals surface area contributed by atoms with Gasteiger partial charge in [0.1, 0.15) is 17.1 Å². The molecule has 0 saturated heterocycles. The second-order valence-corrected chi connectivity index (χ2v) is 3.00. The van der Waals surface area contributed by atoms with E-state index in [1.165, 1.54) is 0 Å². The molecule has 0 bridgehead atoms. The maximum atomic E-state index is 13.1. The number of amides is 1. The molecule has 0 unspecified atom stereocenters. The van der Waals surface area contributed by atoms with E-state index in [0.717, 1.165) is 18.2 Å². The van der Waals surface area contributed by atoms with E-state index in [-0.39, 0.29) is 0 Å². The van der Waals surface area contributed by atoms with Crippen molar-refractivity contribution in [3.05, 3.63) is 29.6 Å². The molecule has 8 heteroatoms. The van der Waals surface area contributed by atoms with Crippen LogP contribution in [0.1, 0.15) is 10.4 Å². The molecular formula is C8H7BF4NO2-. The summed E-state index contributed by atoms with van der Waals surface area (Å²) in [7, 11) is 0. The second-order valence-electron chi connectivity index (χ2n) is 3.00. The average molecular weight is 236 g/mol. The van der Waals surface area contributed by atoms with Gasteiger partial charge in [-0.05, 0) is 12.1 Å². The summed E-state index contributed by atoms with van der Waals surface area (Å²) in [6.07, 6.45) is 0. The summed E-state index contributed by atoms with van der Waals surface area (Å²) >= 11 is 0. The van der Waals surface area contributed by atoms with E-state index in [1.807, 2.05) is 0 Å². The van der Waals surface area contributed by atoms with E-state index < -0.39 is 36.5 Å². The summed E-state index contributed by atoms with van der Waals surface area (Å²) in [5, 5.41) is 0. The third-order valence-corrected chi connectivity index (χ3v) is 1.65. The number of primary amides is 1. The zero-order chi connectivity index (χ0) is 12.3.